The molecule has 0 aliphatic carbocycles. The zero-order valence-electron chi connectivity index (χ0n) is 20.4. The molecule has 2 aromatic carbocycles. The molecule has 174 valence electrons. The molecule has 0 bridgehead atoms. The van der Waals surface area contributed by atoms with E-state index in [4.69, 9.17) is 23.1 Å². The quantitative estimate of drug-likeness (QED) is 0.607. The summed E-state index contributed by atoms with van der Waals surface area (Å²) in [5.41, 5.74) is 0.0500. The number of alkyl halides is 2. The maximum Gasteiger partial charge on any atom is 0.296 e. The maximum absolute atomic E-state index is 14.8. The molecule has 11 heteroatoms. The molecular formula is C22H21F3N4O4. The van der Waals surface area contributed by atoms with Gasteiger partial charge < -0.3 is 29.2 Å². The number of piperidine rings is 1. The average molecular weight is 465 g/mol. The lowest BCUT2D eigenvalue weighted by Crippen LogP contribution is -2.52. The van der Waals surface area contributed by atoms with E-state index in [1.54, 1.807) is 7.05 Å². The van der Waals surface area contributed by atoms with Gasteiger partial charge in [-0.25, -0.2) is 23.1 Å². The smallest absolute Gasteiger partial charge is 0.296 e. The van der Waals surface area contributed by atoms with Crippen molar-refractivity contribution in [1.29, 1.82) is 0 Å². The molecule has 3 aromatic rings. The molecule has 2 aliphatic heterocycles. The van der Waals surface area contributed by atoms with E-state index in [-0.39, 0.29) is 52.9 Å². The summed E-state index contributed by atoms with van der Waals surface area (Å²) in [6.45, 7) is -0.251. The van der Waals surface area contributed by atoms with Crippen LogP contribution in [0.15, 0.2) is 30.6 Å². The van der Waals surface area contributed by atoms with E-state index in [2.05, 4.69) is 15.3 Å². The van der Waals surface area contributed by atoms with Crippen molar-refractivity contribution >= 4 is 22.4 Å². The summed E-state index contributed by atoms with van der Waals surface area (Å²) >= 11 is 0. The molecule has 3 heterocycles. The molecule has 1 unspecified atom stereocenters. The summed E-state index contributed by atoms with van der Waals surface area (Å²) in [5, 5.41) is 2.96. The van der Waals surface area contributed by atoms with Crippen LogP contribution in [0, 0.1) is 5.82 Å². The lowest BCUT2D eigenvalue weighted by Gasteiger charge is -2.36. The Labute approximate surface area is 191 Å². The highest BCUT2D eigenvalue weighted by molar-refractivity contribution is 5.97. The second kappa shape index (κ2) is 8.14. The first kappa shape index (κ1) is 18.0. The summed E-state index contributed by atoms with van der Waals surface area (Å²) in [4.78, 5) is 9.78. The van der Waals surface area contributed by atoms with Gasteiger partial charge in [0.05, 0.1) is 28.6 Å². The zero-order chi connectivity index (χ0) is 25.7. The molecule has 1 saturated heterocycles. The number of hydrogen-bond acceptors (Lipinski definition) is 8. The van der Waals surface area contributed by atoms with Crippen LogP contribution < -0.4 is 24.3 Å². The van der Waals surface area contributed by atoms with Crippen LogP contribution in [-0.4, -0.2) is 60.9 Å². The summed E-state index contributed by atoms with van der Waals surface area (Å²) in [6, 6.07) is 5.08. The Bertz CT molecular complexity index is 1310. The molecule has 1 aromatic heterocycles. The number of anilines is 2. The molecular weight excluding hydrogens is 441 g/mol. The van der Waals surface area contributed by atoms with Crippen LogP contribution in [0.1, 0.15) is 10.5 Å². The van der Waals surface area contributed by atoms with Gasteiger partial charge in [0.15, 0.2) is 23.4 Å². The molecule has 0 radical (unpaired) electrons. The van der Waals surface area contributed by atoms with Crippen molar-refractivity contribution < 1.29 is 36.2 Å². The van der Waals surface area contributed by atoms with Crippen LogP contribution in [0.4, 0.5) is 24.7 Å². The van der Waals surface area contributed by atoms with Gasteiger partial charge in [-0.15, -0.1) is 0 Å². The third-order valence-electron chi connectivity index (χ3n) is 5.52. The number of benzene rings is 2. The molecule has 2 aliphatic rings. The Morgan fingerprint density at radius 1 is 1.27 bits per heavy atom. The van der Waals surface area contributed by atoms with Crippen molar-refractivity contribution in [2.45, 2.75) is 18.4 Å². The first-order valence-electron chi connectivity index (χ1n) is 11.6. The molecule has 1 atom stereocenters. The minimum absolute atomic E-state index is 0.0117. The number of hydrogen-bond donors (Lipinski definition) is 1. The van der Waals surface area contributed by atoms with Gasteiger partial charge in [-0.2, -0.15) is 0 Å². The van der Waals surface area contributed by atoms with E-state index < -0.39 is 31.4 Å². The van der Waals surface area contributed by atoms with Gasteiger partial charge in [-0.05, 0) is 19.2 Å². The highest BCUT2D eigenvalue weighted by Crippen LogP contribution is 2.44. The standard InChI is InChI=1S/C22H21F3N4O4/c1-29-6-5-17(22(24,25)9-29)33-16-8-12(30-2)7-14-18(16)21(27-10-26-14)28-19-13(23)3-4-15-20(19)32-11-31-15/h3-4,7-8,10,17H,5-6,9,11H2,1-2H3,(H,26,27,28)/i2D3. The largest absolute Gasteiger partial charge is 0.497 e. The minimum Gasteiger partial charge on any atom is -0.497 e. The Hall–Kier alpha value is -3.47. The molecule has 0 amide bonds. The Morgan fingerprint density at radius 3 is 2.97 bits per heavy atom. The molecule has 33 heavy (non-hydrogen) atoms. The van der Waals surface area contributed by atoms with Gasteiger partial charge in [0, 0.05) is 25.1 Å². The second-order valence-electron chi connectivity index (χ2n) is 7.82. The number of ether oxygens (including phenoxy) is 4. The fourth-order valence-electron chi connectivity index (χ4n) is 3.95. The lowest BCUT2D eigenvalue weighted by molar-refractivity contribution is -0.134. The lowest BCUT2D eigenvalue weighted by atomic mass is 10.0. The van der Waals surface area contributed by atoms with Crippen LogP contribution >= 0.6 is 0 Å². The van der Waals surface area contributed by atoms with Crippen molar-refractivity contribution in [3.8, 4) is 23.0 Å². The van der Waals surface area contributed by atoms with Crippen molar-refractivity contribution in [2.75, 3.05) is 39.3 Å². The van der Waals surface area contributed by atoms with E-state index in [9.17, 15) is 13.2 Å². The average Bonchev–Trinajstić information content (AvgIpc) is 3.25. The van der Waals surface area contributed by atoms with Gasteiger partial charge in [0.2, 0.25) is 6.79 Å². The highest BCUT2D eigenvalue weighted by atomic mass is 19.3. The van der Waals surface area contributed by atoms with Crippen LogP contribution in [-0.2, 0) is 0 Å². The van der Waals surface area contributed by atoms with E-state index in [0.717, 1.165) is 6.33 Å². The number of methoxy groups -OCH3 is 1. The normalized spacial score (nSPS) is 21.2. The third-order valence-corrected chi connectivity index (χ3v) is 5.52. The van der Waals surface area contributed by atoms with Crippen molar-refractivity contribution in [3.63, 3.8) is 0 Å². The molecule has 0 saturated carbocycles. The van der Waals surface area contributed by atoms with E-state index in [1.165, 1.54) is 29.2 Å². The second-order valence-corrected chi connectivity index (χ2v) is 7.82. The van der Waals surface area contributed by atoms with Gasteiger partial charge >= 0.3 is 0 Å². The van der Waals surface area contributed by atoms with Crippen LogP contribution in [0.3, 0.4) is 0 Å². The van der Waals surface area contributed by atoms with Gasteiger partial charge in [0.25, 0.3) is 5.92 Å². The molecule has 0 spiro atoms. The first-order chi connectivity index (χ1) is 17.0. The molecule has 5 rings (SSSR count). The van der Waals surface area contributed by atoms with Crippen LogP contribution in [0.25, 0.3) is 10.9 Å². The fourth-order valence-corrected chi connectivity index (χ4v) is 3.95. The van der Waals surface area contributed by atoms with Crippen molar-refractivity contribution in [3.05, 3.63) is 36.4 Å². The summed E-state index contributed by atoms with van der Waals surface area (Å²) in [7, 11) is -1.22. The molecule has 1 fully saturated rings. The summed E-state index contributed by atoms with van der Waals surface area (Å²) in [6.07, 6.45) is -0.351. The third kappa shape index (κ3) is 3.92. The number of fused-ring (bicyclic) bond motifs is 2. The number of halogens is 3. The van der Waals surface area contributed by atoms with Gasteiger partial charge in [-0.1, -0.05) is 0 Å². The zero-order valence-corrected chi connectivity index (χ0v) is 17.4. The molecule has 8 nitrogen and oxygen atoms in total. The SMILES string of the molecule is [2H]C([2H])([2H])Oc1cc(OC2CCN(C)CC2(F)F)c2c(Nc3c(F)ccc4c3OCO4)ncnc2c1. The number of rotatable bonds is 5. The highest BCUT2D eigenvalue weighted by Gasteiger charge is 2.45. The Kier molecular flexibility index (Phi) is 4.44. The predicted octanol–water partition coefficient (Wildman–Crippen LogP) is 3.97. The Morgan fingerprint density at radius 2 is 2.15 bits per heavy atom. The van der Waals surface area contributed by atoms with Gasteiger partial charge in [-0.3, -0.25) is 0 Å². The monoisotopic (exact) mass is 465 g/mol. The first-order valence-corrected chi connectivity index (χ1v) is 10.1. The van der Waals surface area contributed by atoms with E-state index in [1.807, 2.05) is 0 Å². The molecule has 1 N–H and O–H groups in total. The fraction of sp³-hybridized carbons (Fsp3) is 0.364. The predicted molar refractivity (Wildman–Crippen MR) is 113 cm³/mol. The minimum atomic E-state index is -3.19. The summed E-state index contributed by atoms with van der Waals surface area (Å²) < 4.78 is 88.0. The van der Waals surface area contributed by atoms with Gasteiger partial charge in [0.1, 0.15) is 29.3 Å². The van der Waals surface area contributed by atoms with Crippen LogP contribution in [0.5, 0.6) is 23.0 Å². The van der Waals surface area contributed by atoms with E-state index in [0.29, 0.717) is 12.3 Å². The number of nitrogens with zero attached hydrogens (tertiary/aromatic N) is 3. The maximum atomic E-state index is 14.8. The number of aromatic nitrogens is 2. The van der Waals surface area contributed by atoms with Crippen LogP contribution in [0.2, 0.25) is 0 Å². The number of likely N-dealkylation sites (tertiary alicyclic amines) is 1. The summed E-state index contributed by atoms with van der Waals surface area (Å²) in [5.74, 6) is -3.72. The van der Waals surface area contributed by atoms with E-state index >= 15 is 0 Å². The number of nitrogens with one attached hydrogen (secondary N) is 1. The Balaban J connectivity index is 1.61. The van der Waals surface area contributed by atoms with Crippen molar-refractivity contribution in [2.24, 2.45) is 0 Å². The van der Waals surface area contributed by atoms with Crippen molar-refractivity contribution in [1.82, 2.24) is 14.9 Å². The topological polar surface area (TPSA) is 78.0 Å².